The third-order valence-corrected chi connectivity index (χ3v) is 7.21. The average Bonchev–Trinajstić information content (AvgIpc) is 2.63. The van der Waals surface area contributed by atoms with Gasteiger partial charge in [0.15, 0.2) is 0 Å². The van der Waals surface area contributed by atoms with Gasteiger partial charge in [0, 0.05) is 24.8 Å². The second kappa shape index (κ2) is 9.64. The molecule has 7 nitrogen and oxygen atoms in total. The Hall–Kier alpha value is -1.48. The first-order valence-corrected chi connectivity index (χ1v) is 11.0. The van der Waals surface area contributed by atoms with Gasteiger partial charge in [-0.15, -0.1) is 0 Å². The number of piperidine rings is 1. The van der Waals surface area contributed by atoms with Gasteiger partial charge in [-0.3, -0.25) is 9.69 Å². The molecule has 152 valence electrons. The lowest BCUT2D eigenvalue weighted by Gasteiger charge is -2.34. The zero-order chi connectivity index (χ0) is 20.0. The molecule has 0 spiro atoms. The highest BCUT2D eigenvalue weighted by atomic mass is 32.2. The van der Waals surface area contributed by atoms with E-state index in [1.54, 1.807) is 18.2 Å². The van der Waals surface area contributed by atoms with Crippen molar-refractivity contribution in [3.05, 3.63) is 24.3 Å². The van der Waals surface area contributed by atoms with Crippen molar-refractivity contribution in [2.45, 2.75) is 37.6 Å². The molecule has 1 aliphatic rings. The Kier molecular flexibility index (Phi) is 7.79. The Labute approximate surface area is 163 Å². The van der Waals surface area contributed by atoms with Crippen LogP contribution in [-0.4, -0.2) is 81.3 Å². The van der Waals surface area contributed by atoms with Crippen LogP contribution in [-0.2, 0) is 14.8 Å². The van der Waals surface area contributed by atoms with Gasteiger partial charge in [0.05, 0.1) is 11.4 Å². The number of nitrogens with zero attached hydrogens (tertiary/aromatic N) is 3. The average molecular weight is 397 g/mol. The van der Waals surface area contributed by atoms with E-state index in [4.69, 9.17) is 0 Å². The van der Waals surface area contributed by atoms with E-state index in [2.05, 4.69) is 22.2 Å². The summed E-state index contributed by atoms with van der Waals surface area (Å²) in [6, 6.07) is 6.87. The maximum absolute atomic E-state index is 12.6. The van der Waals surface area contributed by atoms with Crippen LogP contribution in [0.5, 0.6) is 0 Å². The molecule has 1 aromatic rings. The molecule has 0 bridgehead atoms. The van der Waals surface area contributed by atoms with Crippen molar-refractivity contribution < 1.29 is 13.2 Å². The lowest BCUT2D eigenvalue weighted by molar-refractivity contribution is -0.117. The maximum Gasteiger partial charge on any atom is 0.243 e. The molecule has 0 radical (unpaired) electrons. The van der Waals surface area contributed by atoms with Crippen molar-refractivity contribution in [2.75, 3.05) is 52.1 Å². The van der Waals surface area contributed by atoms with E-state index in [1.807, 2.05) is 20.9 Å². The van der Waals surface area contributed by atoms with E-state index in [9.17, 15) is 13.2 Å². The molecule has 1 aliphatic heterocycles. The molecule has 27 heavy (non-hydrogen) atoms. The molecule has 0 atom stereocenters. The summed E-state index contributed by atoms with van der Waals surface area (Å²) in [5, 5.41) is 2.83. The third kappa shape index (κ3) is 5.75. The van der Waals surface area contributed by atoms with Gasteiger partial charge in [0.2, 0.25) is 15.9 Å². The van der Waals surface area contributed by atoms with E-state index in [-0.39, 0.29) is 10.8 Å². The molecule has 1 amide bonds. The number of carbonyl (C=O) groups is 1. The number of sulfonamides is 1. The molecule has 0 aromatic heterocycles. The summed E-state index contributed by atoms with van der Waals surface area (Å²) in [6.45, 7) is 6.83. The van der Waals surface area contributed by atoms with Gasteiger partial charge in [-0.2, -0.15) is 4.31 Å². The first-order chi connectivity index (χ1) is 12.8. The molecule has 1 fully saturated rings. The van der Waals surface area contributed by atoms with Crippen LogP contribution in [0.4, 0.5) is 5.69 Å². The van der Waals surface area contributed by atoms with E-state index in [0.717, 1.165) is 25.9 Å². The Bertz CT molecular complexity index is 726. The number of likely N-dealkylation sites (tertiary alicyclic amines) is 1. The number of nitrogens with one attached hydrogen (secondary N) is 1. The number of benzene rings is 1. The predicted octanol–water partition coefficient (Wildman–Crippen LogP) is 1.68. The Morgan fingerprint density at radius 1 is 1.22 bits per heavy atom. The zero-order valence-corrected chi connectivity index (χ0v) is 17.6. The van der Waals surface area contributed by atoms with Gasteiger partial charge in [0.25, 0.3) is 0 Å². The summed E-state index contributed by atoms with van der Waals surface area (Å²) in [4.78, 5) is 17.0. The number of amides is 1. The summed E-state index contributed by atoms with van der Waals surface area (Å²) in [5.41, 5.74) is 0.505. The molecule has 8 heteroatoms. The Balaban J connectivity index is 2.00. The highest BCUT2D eigenvalue weighted by Crippen LogP contribution is 2.20. The monoisotopic (exact) mass is 396 g/mol. The van der Waals surface area contributed by atoms with Crippen LogP contribution in [0, 0.1) is 0 Å². The predicted molar refractivity (Wildman–Crippen MR) is 108 cm³/mol. The van der Waals surface area contributed by atoms with E-state index >= 15 is 0 Å². The van der Waals surface area contributed by atoms with Crippen LogP contribution in [0.2, 0.25) is 0 Å². The van der Waals surface area contributed by atoms with Crippen LogP contribution >= 0.6 is 0 Å². The quantitative estimate of drug-likeness (QED) is 0.724. The smallest absolute Gasteiger partial charge is 0.243 e. The number of likely N-dealkylation sites (N-methyl/N-ethyl adjacent to an activating group) is 1. The topological polar surface area (TPSA) is 73.0 Å². The third-order valence-electron chi connectivity index (χ3n) is 5.17. The highest BCUT2D eigenvalue weighted by molar-refractivity contribution is 7.89. The second-order valence-electron chi connectivity index (χ2n) is 7.11. The number of anilines is 1. The van der Waals surface area contributed by atoms with Crippen molar-refractivity contribution in [2.24, 2.45) is 0 Å². The van der Waals surface area contributed by atoms with E-state index in [1.165, 1.54) is 10.4 Å². The van der Waals surface area contributed by atoms with Gasteiger partial charge in [-0.25, -0.2) is 8.42 Å². The number of hydrogen-bond acceptors (Lipinski definition) is 5. The lowest BCUT2D eigenvalue weighted by atomic mass is 10.0. The van der Waals surface area contributed by atoms with Crippen molar-refractivity contribution >= 4 is 21.6 Å². The van der Waals surface area contributed by atoms with Crippen LogP contribution in [0.3, 0.4) is 0 Å². The van der Waals surface area contributed by atoms with Gasteiger partial charge < -0.3 is 10.2 Å². The molecule has 1 N–H and O–H groups in total. The van der Waals surface area contributed by atoms with Gasteiger partial charge in [-0.1, -0.05) is 19.9 Å². The molecule has 1 heterocycles. The molecule has 0 saturated carbocycles. The molecule has 1 saturated heterocycles. The molecule has 2 rings (SSSR count). The minimum Gasteiger partial charge on any atom is -0.325 e. The van der Waals surface area contributed by atoms with E-state index in [0.29, 0.717) is 31.4 Å². The van der Waals surface area contributed by atoms with Gasteiger partial charge in [-0.05, 0) is 58.2 Å². The van der Waals surface area contributed by atoms with Crippen LogP contribution in [0.1, 0.15) is 26.7 Å². The molecule has 0 unspecified atom stereocenters. The fourth-order valence-corrected chi connectivity index (χ4v) is 4.94. The summed E-state index contributed by atoms with van der Waals surface area (Å²) in [7, 11) is 0.544. The summed E-state index contributed by atoms with van der Waals surface area (Å²) in [6.07, 6.45) is 2.11. The fraction of sp³-hybridized carbons (Fsp3) is 0.632. The number of rotatable bonds is 8. The summed E-state index contributed by atoms with van der Waals surface area (Å²) in [5.74, 6) is -0.131. The molecular weight excluding hydrogens is 364 g/mol. The number of carbonyl (C=O) groups excluding carboxylic acids is 1. The first-order valence-electron chi connectivity index (χ1n) is 9.56. The van der Waals surface area contributed by atoms with Crippen LogP contribution < -0.4 is 5.32 Å². The minimum absolute atomic E-state index is 0.131. The van der Waals surface area contributed by atoms with Crippen LogP contribution in [0.25, 0.3) is 0 Å². The Morgan fingerprint density at radius 2 is 1.85 bits per heavy atom. The zero-order valence-electron chi connectivity index (χ0n) is 16.8. The highest BCUT2D eigenvalue weighted by Gasteiger charge is 2.23. The fourth-order valence-electron chi connectivity index (χ4n) is 3.44. The van der Waals surface area contributed by atoms with Crippen LogP contribution in [0.15, 0.2) is 29.2 Å². The summed E-state index contributed by atoms with van der Waals surface area (Å²) >= 11 is 0. The minimum atomic E-state index is -3.54. The van der Waals surface area contributed by atoms with Crippen molar-refractivity contribution in [1.29, 1.82) is 0 Å². The molecule has 0 aliphatic carbocycles. The maximum atomic E-state index is 12.6. The van der Waals surface area contributed by atoms with Crippen molar-refractivity contribution in [3.63, 3.8) is 0 Å². The summed E-state index contributed by atoms with van der Waals surface area (Å²) < 4.78 is 26.7. The van der Waals surface area contributed by atoms with Gasteiger partial charge >= 0.3 is 0 Å². The SMILES string of the molecule is CCN(CC)S(=O)(=O)c1cccc(NC(=O)CN(C)C2CCN(C)CC2)c1. The normalized spacial score (nSPS) is 16.8. The van der Waals surface area contributed by atoms with Crippen molar-refractivity contribution in [3.8, 4) is 0 Å². The Morgan fingerprint density at radius 3 is 2.44 bits per heavy atom. The van der Waals surface area contributed by atoms with Gasteiger partial charge in [0.1, 0.15) is 0 Å². The second-order valence-corrected chi connectivity index (χ2v) is 9.05. The number of hydrogen-bond donors (Lipinski definition) is 1. The standard InChI is InChI=1S/C19H32N4O3S/c1-5-23(6-2)27(25,26)18-9-7-8-16(14-18)20-19(24)15-22(4)17-10-12-21(3)13-11-17/h7-9,14,17H,5-6,10-13,15H2,1-4H3,(H,20,24). The lowest BCUT2D eigenvalue weighted by Crippen LogP contribution is -2.44. The largest absolute Gasteiger partial charge is 0.325 e. The molecule has 1 aromatic carbocycles. The van der Waals surface area contributed by atoms with E-state index < -0.39 is 10.0 Å². The molecular formula is C19H32N4O3S. The first kappa shape index (κ1) is 21.8. The van der Waals surface area contributed by atoms with Crippen molar-refractivity contribution in [1.82, 2.24) is 14.1 Å².